The van der Waals surface area contributed by atoms with Crippen LogP contribution in [0.25, 0.3) is 0 Å². The number of aryl methyl sites for hydroxylation is 1. The lowest BCUT2D eigenvalue weighted by molar-refractivity contribution is 0.890. The molecule has 0 aliphatic rings. The fourth-order valence-electron chi connectivity index (χ4n) is 1.04. The van der Waals surface area contributed by atoms with Gasteiger partial charge in [-0.25, -0.2) is 0 Å². The van der Waals surface area contributed by atoms with Crippen LogP contribution in [0, 0.1) is 18.9 Å². The van der Waals surface area contributed by atoms with E-state index in [0.717, 1.165) is 6.54 Å². The van der Waals surface area contributed by atoms with Crippen molar-refractivity contribution in [2.24, 2.45) is 0 Å². The van der Waals surface area contributed by atoms with Crippen LogP contribution in [0.15, 0.2) is 24.3 Å². The summed E-state index contributed by atoms with van der Waals surface area (Å²) >= 11 is 0. The van der Waals surface area contributed by atoms with Crippen molar-refractivity contribution in [2.75, 3.05) is 0 Å². The van der Waals surface area contributed by atoms with Gasteiger partial charge in [-0.2, -0.15) is 0 Å². The first kappa shape index (κ1) is 8.67. The van der Waals surface area contributed by atoms with Crippen LogP contribution in [-0.2, 0) is 6.54 Å². The van der Waals surface area contributed by atoms with Crippen molar-refractivity contribution in [3.05, 3.63) is 35.4 Å². The number of nitrogens with one attached hydrogen (secondary N) is 1. The molecule has 0 bridgehead atoms. The van der Waals surface area contributed by atoms with Gasteiger partial charge in [-0.05, 0) is 25.0 Å². The van der Waals surface area contributed by atoms with E-state index in [1.807, 2.05) is 19.1 Å². The summed E-state index contributed by atoms with van der Waals surface area (Å²) in [5.74, 6) is 2.80. The molecule has 62 valence electrons. The Hall–Kier alpha value is -1.42. The Kier molecular flexibility index (Phi) is 3.22. The van der Waals surface area contributed by atoms with Crippen molar-refractivity contribution >= 4 is 0 Å². The predicted molar refractivity (Wildman–Crippen MR) is 51.5 cm³/mol. The standard InChI is InChI=1S/C11H13N/c1-3-8-12-9-11-7-5-4-6-10(11)2/h4-7,12H,9H2,1-2H3. The molecule has 0 atom stereocenters. The van der Waals surface area contributed by atoms with E-state index in [9.17, 15) is 0 Å². The maximum absolute atomic E-state index is 3.03. The van der Waals surface area contributed by atoms with E-state index in [2.05, 4.69) is 36.3 Å². The molecule has 12 heavy (non-hydrogen) atoms. The van der Waals surface area contributed by atoms with Crippen LogP contribution >= 0.6 is 0 Å². The minimum absolute atomic E-state index is 0.827. The first-order chi connectivity index (χ1) is 5.84. The van der Waals surface area contributed by atoms with Crippen LogP contribution in [0.4, 0.5) is 0 Å². The highest BCUT2D eigenvalue weighted by Gasteiger charge is 1.92. The molecule has 1 nitrogen and oxygen atoms in total. The lowest BCUT2D eigenvalue weighted by Crippen LogP contribution is -2.05. The highest BCUT2D eigenvalue weighted by Crippen LogP contribution is 2.05. The van der Waals surface area contributed by atoms with Gasteiger partial charge in [0.2, 0.25) is 0 Å². The molecule has 0 saturated carbocycles. The van der Waals surface area contributed by atoms with Crippen LogP contribution in [-0.4, -0.2) is 0 Å². The SMILES string of the molecule is CC#CNCc1ccccc1C. The molecule has 0 saturated heterocycles. The van der Waals surface area contributed by atoms with Crippen molar-refractivity contribution in [1.82, 2.24) is 5.32 Å². The fourth-order valence-corrected chi connectivity index (χ4v) is 1.04. The van der Waals surface area contributed by atoms with Gasteiger partial charge < -0.3 is 5.32 Å². The molecule has 0 heterocycles. The van der Waals surface area contributed by atoms with E-state index in [-0.39, 0.29) is 0 Å². The summed E-state index contributed by atoms with van der Waals surface area (Å²) in [6, 6.07) is 11.1. The second-order valence-electron chi connectivity index (χ2n) is 2.66. The smallest absolute Gasteiger partial charge is 0.0482 e. The van der Waals surface area contributed by atoms with E-state index in [4.69, 9.17) is 0 Å². The zero-order valence-electron chi connectivity index (χ0n) is 7.52. The zero-order chi connectivity index (χ0) is 8.81. The van der Waals surface area contributed by atoms with Gasteiger partial charge in [0.1, 0.15) is 0 Å². The van der Waals surface area contributed by atoms with Crippen molar-refractivity contribution in [3.63, 3.8) is 0 Å². The maximum atomic E-state index is 3.03. The van der Waals surface area contributed by atoms with E-state index in [1.54, 1.807) is 0 Å². The molecule has 0 aromatic heterocycles. The molecular weight excluding hydrogens is 146 g/mol. The monoisotopic (exact) mass is 159 g/mol. The lowest BCUT2D eigenvalue weighted by atomic mass is 10.1. The summed E-state index contributed by atoms with van der Waals surface area (Å²) in [6.45, 7) is 4.76. The summed E-state index contributed by atoms with van der Waals surface area (Å²) in [5, 5.41) is 3.03. The summed E-state index contributed by atoms with van der Waals surface area (Å²) in [5.41, 5.74) is 2.61. The van der Waals surface area contributed by atoms with Gasteiger partial charge in [0.15, 0.2) is 0 Å². The quantitative estimate of drug-likeness (QED) is 0.514. The second kappa shape index (κ2) is 4.46. The number of rotatable bonds is 2. The summed E-state index contributed by atoms with van der Waals surface area (Å²) in [4.78, 5) is 0. The van der Waals surface area contributed by atoms with Gasteiger partial charge in [-0.15, -0.1) is 0 Å². The minimum Gasteiger partial charge on any atom is -0.341 e. The average molecular weight is 159 g/mol. The fraction of sp³-hybridized carbons (Fsp3) is 0.273. The maximum Gasteiger partial charge on any atom is 0.0482 e. The van der Waals surface area contributed by atoms with E-state index in [0.29, 0.717) is 0 Å². The molecule has 1 N–H and O–H groups in total. The third-order valence-electron chi connectivity index (χ3n) is 1.75. The Morgan fingerprint density at radius 3 is 2.75 bits per heavy atom. The molecule has 1 aromatic rings. The Balaban J connectivity index is 2.61. The normalized spacial score (nSPS) is 8.50. The third kappa shape index (κ3) is 2.32. The van der Waals surface area contributed by atoms with E-state index < -0.39 is 0 Å². The van der Waals surface area contributed by atoms with Crippen molar-refractivity contribution in [2.45, 2.75) is 20.4 Å². The molecule has 1 aromatic carbocycles. The molecule has 0 spiro atoms. The van der Waals surface area contributed by atoms with Gasteiger partial charge >= 0.3 is 0 Å². The van der Waals surface area contributed by atoms with Crippen LogP contribution in [0.3, 0.4) is 0 Å². The van der Waals surface area contributed by atoms with Crippen molar-refractivity contribution in [1.29, 1.82) is 0 Å². The minimum atomic E-state index is 0.827. The summed E-state index contributed by atoms with van der Waals surface area (Å²) in [6.07, 6.45) is 0. The van der Waals surface area contributed by atoms with Gasteiger partial charge in [-0.3, -0.25) is 0 Å². The first-order valence-electron chi connectivity index (χ1n) is 4.03. The summed E-state index contributed by atoms with van der Waals surface area (Å²) < 4.78 is 0. The molecule has 1 heteroatoms. The third-order valence-corrected chi connectivity index (χ3v) is 1.75. The van der Waals surface area contributed by atoms with E-state index in [1.165, 1.54) is 11.1 Å². The Morgan fingerprint density at radius 2 is 2.08 bits per heavy atom. The van der Waals surface area contributed by atoms with E-state index >= 15 is 0 Å². The van der Waals surface area contributed by atoms with Gasteiger partial charge in [0, 0.05) is 12.6 Å². The predicted octanol–water partition coefficient (Wildman–Crippen LogP) is 2.07. The first-order valence-corrected chi connectivity index (χ1v) is 4.03. The molecule has 1 rings (SSSR count). The van der Waals surface area contributed by atoms with Gasteiger partial charge in [0.25, 0.3) is 0 Å². The molecule has 0 amide bonds. The number of hydrogen-bond acceptors (Lipinski definition) is 1. The molecule has 0 aliphatic heterocycles. The highest BCUT2D eigenvalue weighted by molar-refractivity contribution is 5.25. The molecule has 0 unspecified atom stereocenters. The van der Waals surface area contributed by atoms with Gasteiger partial charge in [0.05, 0.1) is 0 Å². The Bertz CT molecular complexity index is 304. The zero-order valence-corrected chi connectivity index (χ0v) is 7.52. The second-order valence-corrected chi connectivity index (χ2v) is 2.66. The van der Waals surface area contributed by atoms with Crippen molar-refractivity contribution < 1.29 is 0 Å². The van der Waals surface area contributed by atoms with Crippen LogP contribution < -0.4 is 5.32 Å². The largest absolute Gasteiger partial charge is 0.341 e. The molecule has 0 aliphatic carbocycles. The Morgan fingerprint density at radius 1 is 1.33 bits per heavy atom. The van der Waals surface area contributed by atoms with Gasteiger partial charge in [-0.1, -0.05) is 30.2 Å². The van der Waals surface area contributed by atoms with Crippen LogP contribution in [0.5, 0.6) is 0 Å². The molecule has 0 radical (unpaired) electrons. The molecule has 0 fully saturated rings. The highest BCUT2D eigenvalue weighted by atomic mass is 14.8. The van der Waals surface area contributed by atoms with Crippen LogP contribution in [0.2, 0.25) is 0 Å². The number of benzene rings is 1. The summed E-state index contributed by atoms with van der Waals surface area (Å²) in [7, 11) is 0. The Labute approximate surface area is 73.8 Å². The number of hydrogen-bond donors (Lipinski definition) is 1. The average Bonchev–Trinajstić information content (AvgIpc) is 2.09. The molecular formula is C11H13N. The topological polar surface area (TPSA) is 12.0 Å². The lowest BCUT2D eigenvalue weighted by Gasteiger charge is -2.02. The van der Waals surface area contributed by atoms with Crippen LogP contribution in [0.1, 0.15) is 18.1 Å². The van der Waals surface area contributed by atoms with Crippen molar-refractivity contribution in [3.8, 4) is 12.0 Å².